The molecule has 1 N–H and O–H groups in total. The third kappa shape index (κ3) is 2.07. The molecule has 1 heterocycles. The lowest BCUT2D eigenvalue weighted by atomic mass is 10.1. The Morgan fingerprint density at radius 2 is 1.70 bits per heavy atom. The maximum atomic E-state index is 4.42. The molecule has 0 radical (unpaired) electrons. The maximum Gasteiger partial charge on any atom is 0.166 e. The first kappa shape index (κ1) is 12.5. The van der Waals surface area contributed by atoms with E-state index in [1.54, 1.807) is 0 Å². The van der Waals surface area contributed by atoms with E-state index in [9.17, 15) is 0 Å². The van der Waals surface area contributed by atoms with Gasteiger partial charge in [-0.2, -0.15) is 5.10 Å². The standard InChI is InChI=1S/C17H17N3/c1-12-8-10-15(11-9-12)20-14(3)18-19-17(20)16-7-5-4-6-13(16)2/h4-11,18H,3H2,1-2H3. The number of benzene rings is 2. The van der Waals surface area contributed by atoms with Gasteiger partial charge in [-0.05, 0) is 31.5 Å². The topological polar surface area (TPSA) is 27.6 Å². The Balaban J connectivity index is 2.05. The van der Waals surface area contributed by atoms with Crippen molar-refractivity contribution in [3.05, 3.63) is 77.6 Å². The van der Waals surface area contributed by atoms with Gasteiger partial charge in [0, 0.05) is 11.3 Å². The molecule has 0 saturated carbocycles. The van der Waals surface area contributed by atoms with Gasteiger partial charge in [0.25, 0.3) is 0 Å². The summed E-state index contributed by atoms with van der Waals surface area (Å²) in [5.74, 6) is 1.66. The van der Waals surface area contributed by atoms with Crippen LogP contribution in [0.4, 0.5) is 5.69 Å². The molecule has 0 saturated heterocycles. The minimum absolute atomic E-state index is 0.770. The van der Waals surface area contributed by atoms with Crippen LogP contribution >= 0.6 is 0 Å². The molecule has 100 valence electrons. The lowest BCUT2D eigenvalue weighted by Crippen LogP contribution is -2.27. The van der Waals surface area contributed by atoms with E-state index in [4.69, 9.17) is 0 Å². The fourth-order valence-corrected chi connectivity index (χ4v) is 2.32. The summed E-state index contributed by atoms with van der Waals surface area (Å²) >= 11 is 0. The predicted octanol–water partition coefficient (Wildman–Crippen LogP) is 3.55. The van der Waals surface area contributed by atoms with Gasteiger partial charge in [-0.25, -0.2) is 0 Å². The highest BCUT2D eigenvalue weighted by molar-refractivity contribution is 6.13. The molecular weight excluding hydrogens is 246 g/mol. The highest BCUT2D eigenvalue weighted by Crippen LogP contribution is 2.25. The number of nitrogens with one attached hydrogen (secondary N) is 1. The number of nitrogens with zero attached hydrogens (tertiary/aromatic N) is 2. The molecule has 0 atom stereocenters. The second-order valence-electron chi connectivity index (χ2n) is 4.98. The molecule has 2 aromatic carbocycles. The lowest BCUT2D eigenvalue weighted by molar-refractivity contribution is 0.926. The van der Waals surface area contributed by atoms with Gasteiger partial charge < -0.3 is 0 Å². The summed E-state index contributed by atoms with van der Waals surface area (Å²) in [7, 11) is 0. The Kier molecular flexibility index (Phi) is 3.03. The Morgan fingerprint density at radius 1 is 1.00 bits per heavy atom. The Bertz CT molecular complexity index is 684. The van der Waals surface area contributed by atoms with Crippen LogP contribution < -0.4 is 10.3 Å². The van der Waals surface area contributed by atoms with E-state index in [-0.39, 0.29) is 0 Å². The second-order valence-corrected chi connectivity index (χ2v) is 4.98. The minimum Gasteiger partial charge on any atom is -0.278 e. The van der Waals surface area contributed by atoms with Gasteiger partial charge in [0.2, 0.25) is 0 Å². The Hall–Kier alpha value is -2.55. The van der Waals surface area contributed by atoms with Crippen LogP contribution in [0.2, 0.25) is 0 Å². The molecular formula is C17H17N3. The van der Waals surface area contributed by atoms with E-state index >= 15 is 0 Å². The summed E-state index contributed by atoms with van der Waals surface area (Å²) in [6, 6.07) is 16.6. The van der Waals surface area contributed by atoms with Gasteiger partial charge in [0.05, 0.1) is 0 Å². The van der Waals surface area contributed by atoms with Gasteiger partial charge in [-0.15, -0.1) is 0 Å². The number of rotatable bonds is 2. The van der Waals surface area contributed by atoms with Gasteiger partial charge in [0.1, 0.15) is 5.82 Å². The Morgan fingerprint density at radius 3 is 2.40 bits per heavy atom. The average Bonchev–Trinajstić information content (AvgIpc) is 2.82. The molecule has 20 heavy (non-hydrogen) atoms. The second kappa shape index (κ2) is 4.85. The normalized spacial score (nSPS) is 14.2. The SMILES string of the molecule is C=C1NN=C(c2ccccc2C)N1c1ccc(C)cc1. The van der Waals surface area contributed by atoms with E-state index in [0.29, 0.717) is 0 Å². The molecule has 2 aromatic rings. The predicted molar refractivity (Wildman–Crippen MR) is 83.6 cm³/mol. The molecule has 3 heteroatoms. The van der Waals surface area contributed by atoms with Crippen molar-refractivity contribution in [3.63, 3.8) is 0 Å². The van der Waals surface area contributed by atoms with E-state index in [2.05, 4.69) is 67.4 Å². The highest BCUT2D eigenvalue weighted by Gasteiger charge is 2.24. The lowest BCUT2D eigenvalue weighted by Gasteiger charge is -2.21. The molecule has 1 aliphatic heterocycles. The first-order valence-corrected chi connectivity index (χ1v) is 6.62. The van der Waals surface area contributed by atoms with Crippen molar-refractivity contribution >= 4 is 11.5 Å². The molecule has 0 bridgehead atoms. The zero-order chi connectivity index (χ0) is 14.1. The quantitative estimate of drug-likeness (QED) is 0.897. The fraction of sp³-hybridized carbons (Fsp3) is 0.118. The van der Waals surface area contributed by atoms with Crippen molar-refractivity contribution in [2.45, 2.75) is 13.8 Å². The monoisotopic (exact) mass is 263 g/mol. The number of anilines is 1. The van der Waals surface area contributed by atoms with Gasteiger partial charge in [0.15, 0.2) is 5.84 Å². The number of aryl methyl sites for hydroxylation is 2. The van der Waals surface area contributed by atoms with Crippen molar-refractivity contribution in [1.82, 2.24) is 5.43 Å². The number of hydrazone groups is 1. The van der Waals surface area contributed by atoms with Crippen molar-refractivity contribution in [2.75, 3.05) is 4.90 Å². The summed E-state index contributed by atoms with van der Waals surface area (Å²) in [6.45, 7) is 8.21. The first-order valence-electron chi connectivity index (χ1n) is 6.62. The van der Waals surface area contributed by atoms with E-state index in [1.807, 2.05) is 17.0 Å². The van der Waals surface area contributed by atoms with Crippen LogP contribution in [-0.4, -0.2) is 5.84 Å². The minimum atomic E-state index is 0.770. The molecule has 3 rings (SSSR count). The van der Waals surface area contributed by atoms with Crippen LogP contribution in [-0.2, 0) is 0 Å². The maximum absolute atomic E-state index is 4.42. The van der Waals surface area contributed by atoms with Crippen LogP contribution in [0.1, 0.15) is 16.7 Å². The summed E-state index contributed by atoms with van der Waals surface area (Å²) in [5, 5.41) is 4.42. The first-order chi connectivity index (χ1) is 9.66. The van der Waals surface area contributed by atoms with Crippen molar-refractivity contribution < 1.29 is 0 Å². The number of hydrogen-bond acceptors (Lipinski definition) is 3. The molecule has 0 fully saturated rings. The molecule has 0 aliphatic carbocycles. The van der Waals surface area contributed by atoms with Crippen molar-refractivity contribution in [3.8, 4) is 0 Å². The molecule has 0 aromatic heterocycles. The molecule has 0 spiro atoms. The number of amidine groups is 1. The summed E-state index contributed by atoms with van der Waals surface area (Å²) in [6.07, 6.45) is 0. The van der Waals surface area contributed by atoms with Gasteiger partial charge in [-0.3, -0.25) is 10.3 Å². The van der Waals surface area contributed by atoms with Crippen molar-refractivity contribution in [1.29, 1.82) is 0 Å². The number of hydrogen-bond donors (Lipinski definition) is 1. The molecule has 0 unspecified atom stereocenters. The van der Waals surface area contributed by atoms with Crippen LogP contribution in [0.5, 0.6) is 0 Å². The van der Waals surface area contributed by atoms with Crippen molar-refractivity contribution in [2.24, 2.45) is 5.10 Å². The molecule has 3 nitrogen and oxygen atoms in total. The van der Waals surface area contributed by atoms with Gasteiger partial charge >= 0.3 is 0 Å². The van der Waals surface area contributed by atoms with E-state index in [0.717, 1.165) is 22.9 Å². The van der Waals surface area contributed by atoms with Gasteiger partial charge in [-0.1, -0.05) is 48.5 Å². The zero-order valence-electron chi connectivity index (χ0n) is 11.7. The fourth-order valence-electron chi connectivity index (χ4n) is 2.32. The van der Waals surface area contributed by atoms with Crippen LogP contribution in [0.25, 0.3) is 0 Å². The summed E-state index contributed by atoms with van der Waals surface area (Å²) in [5.41, 5.74) is 7.58. The highest BCUT2D eigenvalue weighted by atomic mass is 15.5. The zero-order valence-corrected chi connectivity index (χ0v) is 11.7. The van der Waals surface area contributed by atoms with Crippen LogP contribution in [0, 0.1) is 13.8 Å². The van der Waals surface area contributed by atoms with Crippen LogP contribution in [0.15, 0.2) is 66.0 Å². The molecule has 1 aliphatic rings. The molecule has 0 amide bonds. The average molecular weight is 263 g/mol. The van der Waals surface area contributed by atoms with Crippen LogP contribution in [0.3, 0.4) is 0 Å². The largest absolute Gasteiger partial charge is 0.278 e. The third-order valence-corrected chi connectivity index (χ3v) is 3.45. The van der Waals surface area contributed by atoms with E-state index < -0.39 is 0 Å². The summed E-state index contributed by atoms with van der Waals surface area (Å²) < 4.78 is 0. The smallest absolute Gasteiger partial charge is 0.166 e. The van der Waals surface area contributed by atoms with E-state index in [1.165, 1.54) is 11.1 Å². The summed E-state index contributed by atoms with van der Waals surface area (Å²) in [4.78, 5) is 2.04. The third-order valence-electron chi connectivity index (χ3n) is 3.45. The Labute approximate surface area is 119 Å².